The third kappa shape index (κ3) is 4.40. The zero-order valence-corrected chi connectivity index (χ0v) is 17.2. The Labute approximate surface area is 182 Å². The fourth-order valence-corrected chi connectivity index (χ4v) is 4.41. The van der Waals surface area contributed by atoms with Crippen molar-refractivity contribution in [2.75, 3.05) is 37.6 Å². The molecule has 0 atom stereocenters. The van der Waals surface area contributed by atoms with E-state index in [0.29, 0.717) is 12.1 Å². The predicted octanol–water partition coefficient (Wildman–Crippen LogP) is 3.64. The summed E-state index contributed by atoms with van der Waals surface area (Å²) in [5.74, 6) is 0.441. The van der Waals surface area contributed by atoms with Crippen LogP contribution < -0.4 is 9.64 Å². The molecule has 1 aliphatic carbocycles. The first-order chi connectivity index (χ1) is 15.3. The molecule has 10 heteroatoms. The Balaban J connectivity index is 1.28. The van der Waals surface area contributed by atoms with Gasteiger partial charge in [0.1, 0.15) is 23.5 Å². The van der Waals surface area contributed by atoms with Gasteiger partial charge in [-0.3, -0.25) is 9.69 Å². The number of ether oxygens (including phenoxy) is 1. The quantitative estimate of drug-likeness (QED) is 0.605. The van der Waals surface area contributed by atoms with Crippen molar-refractivity contribution in [2.45, 2.75) is 19.2 Å². The number of carbonyl (C=O) groups is 1. The molecule has 7 nitrogen and oxygen atoms in total. The van der Waals surface area contributed by atoms with Crippen molar-refractivity contribution < 1.29 is 22.7 Å². The summed E-state index contributed by atoms with van der Waals surface area (Å²) >= 11 is 0. The van der Waals surface area contributed by atoms with E-state index in [1.54, 1.807) is 6.33 Å². The molecule has 32 heavy (non-hydrogen) atoms. The topological polar surface area (TPSA) is 74.4 Å². The molecular weight excluding hydrogens is 423 g/mol. The molecular formula is C22H22F3N5O2. The van der Waals surface area contributed by atoms with Gasteiger partial charge in [0.15, 0.2) is 5.78 Å². The third-order valence-electron chi connectivity index (χ3n) is 6.14. The molecule has 0 amide bonds. The van der Waals surface area contributed by atoms with Crippen LogP contribution in [0.3, 0.4) is 0 Å². The summed E-state index contributed by atoms with van der Waals surface area (Å²) in [6.45, 7) is 3.33. The van der Waals surface area contributed by atoms with Gasteiger partial charge in [0.05, 0.1) is 11.9 Å². The van der Waals surface area contributed by atoms with Gasteiger partial charge in [-0.25, -0.2) is 9.97 Å². The minimum atomic E-state index is -4.75. The highest BCUT2D eigenvalue weighted by Crippen LogP contribution is 2.48. The highest BCUT2D eigenvalue weighted by molar-refractivity contribution is 5.97. The number of rotatable bonds is 5. The van der Waals surface area contributed by atoms with Crippen molar-refractivity contribution >= 4 is 22.6 Å². The first-order valence-electron chi connectivity index (χ1n) is 10.4. The number of Topliss-reactive ketones (excluding diaryl/α,β-unsaturated/α-hetero) is 1. The standard InChI is InChI=1S/C22H22F3N5O2/c23-22(24,25)32-16-3-1-15(2-4-16)18(31)11-29-9-10-30(13-21(12-29)6-7-21)20-17-5-8-26-19(17)27-14-28-20/h1-5,8,14H,6-7,9-13H2,(H,26,27,28). The second kappa shape index (κ2) is 7.77. The minimum Gasteiger partial charge on any atom is -0.406 e. The summed E-state index contributed by atoms with van der Waals surface area (Å²) in [5.41, 5.74) is 1.30. The van der Waals surface area contributed by atoms with Crippen molar-refractivity contribution in [3.63, 3.8) is 0 Å². The van der Waals surface area contributed by atoms with Gasteiger partial charge in [-0.05, 0) is 43.2 Å². The van der Waals surface area contributed by atoms with Gasteiger partial charge in [-0.2, -0.15) is 0 Å². The molecule has 2 aliphatic rings. The zero-order valence-electron chi connectivity index (χ0n) is 17.2. The molecule has 0 unspecified atom stereocenters. The Kier molecular flexibility index (Phi) is 5.04. The number of hydrogen-bond donors (Lipinski definition) is 1. The number of hydrogen-bond acceptors (Lipinski definition) is 6. The lowest BCUT2D eigenvalue weighted by Gasteiger charge is -2.25. The van der Waals surface area contributed by atoms with Gasteiger partial charge in [-0.15, -0.1) is 13.2 Å². The number of halogens is 3. The molecule has 168 valence electrons. The number of ketones is 1. The van der Waals surface area contributed by atoms with E-state index < -0.39 is 6.36 Å². The lowest BCUT2D eigenvalue weighted by molar-refractivity contribution is -0.274. The average molecular weight is 445 g/mol. The van der Waals surface area contributed by atoms with Gasteiger partial charge in [0.25, 0.3) is 0 Å². The van der Waals surface area contributed by atoms with Gasteiger partial charge in [-0.1, -0.05) is 0 Å². The Morgan fingerprint density at radius 1 is 1.09 bits per heavy atom. The van der Waals surface area contributed by atoms with Crippen LogP contribution in [0.25, 0.3) is 11.0 Å². The molecule has 0 radical (unpaired) electrons. The lowest BCUT2D eigenvalue weighted by atomic mass is 10.1. The number of anilines is 1. The number of alkyl halides is 3. The van der Waals surface area contributed by atoms with E-state index in [-0.39, 0.29) is 23.5 Å². The van der Waals surface area contributed by atoms with Crippen LogP contribution in [0.2, 0.25) is 0 Å². The summed E-state index contributed by atoms with van der Waals surface area (Å²) in [4.78, 5) is 29.1. The van der Waals surface area contributed by atoms with E-state index in [0.717, 1.165) is 49.3 Å². The fourth-order valence-electron chi connectivity index (χ4n) is 4.41. The number of aromatic nitrogens is 3. The molecule has 1 aromatic carbocycles. The van der Waals surface area contributed by atoms with E-state index in [4.69, 9.17) is 0 Å². The van der Waals surface area contributed by atoms with Gasteiger partial charge >= 0.3 is 6.36 Å². The highest BCUT2D eigenvalue weighted by Gasteiger charge is 2.47. The summed E-state index contributed by atoms with van der Waals surface area (Å²) < 4.78 is 40.9. The molecule has 1 spiro atoms. The SMILES string of the molecule is O=C(CN1CCN(c2ncnc3[nH]ccc23)CC2(CC2)C1)c1ccc(OC(F)(F)F)cc1. The van der Waals surface area contributed by atoms with E-state index in [2.05, 4.69) is 29.5 Å². The van der Waals surface area contributed by atoms with Gasteiger partial charge in [0.2, 0.25) is 0 Å². The number of fused-ring (bicyclic) bond motifs is 1. The van der Waals surface area contributed by atoms with E-state index in [9.17, 15) is 18.0 Å². The summed E-state index contributed by atoms with van der Waals surface area (Å²) in [5, 5.41) is 0.981. The number of H-pyrrole nitrogens is 1. The van der Waals surface area contributed by atoms with Crippen LogP contribution in [0.1, 0.15) is 23.2 Å². The third-order valence-corrected chi connectivity index (χ3v) is 6.14. The van der Waals surface area contributed by atoms with E-state index in [1.165, 1.54) is 24.3 Å². The van der Waals surface area contributed by atoms with Crippen LogP contribution in [-0.4, -0.2) is 64.7 Å². The number of carbonyl (C=O) groups excluding carboxylic acids is 1. The fraction of sp³-hybridized carbons (Fsp3) is 0.409. The summed E-state index contributed by atoms with van der Waals surface area (Å²) in [6.07, 6.45) is 0.853. The van der Waals surface area contributed by atoms with Crippen molar-refractivity contribution in [1.82, 2.24) is 19.9 Å². The smallest absolute Gasteiger partial charge is 0.406 e. The number of nitrogens with zero attached hydrogens (tertiary/aromatic N) is 4. The normalized spacial score (nSPS) is 18.7. The van der Waals surface area contributed by atoms with Crippen LogP contribution in [0.4, 0.5) is 19.0 Å². The molecule has 1 saturated heterocycles. The maximum atomic E-state index is 12.8. The monoisotopic (exact) mass is 445 g/mol. The van der Waals surface area contributed by atoms with E-state index in [1.807, 2.05) is 12.3 Å². The van der Waals surface area contributed by atoms with Crippen molar-refractivity contribution in [1.29, 1.82) is 0 Å². The molecule has 1 saturated carbocycles. The molecule has 0 bridgehead atoms. The molecule has 2 aromatic heterocycles. The highest BCUT2D eigenvalue weighted by atomic mass is 19.4. The molecule has 3 aromatic rings. The Bertz CT molecular complexity index is 1120. The van der Waals surface area contributed by atoms with Crippen LogP contribution in [0.15, 0.2) is 42.9 Å². The second-order valence-electron chi connectivity index (χ2n) is 8.56. The number of aromatic amines is 1. The minimum absolute atomic E-state index is 0.122. The molecule has 3 heterocycles. The van der Waals surface area contributed by atoms with Crippen molar-refractivity contribution in [2.24, 2.45) is 5.41 Å². The second-order valence-corrected chi connectivity index (χ2v) is 8.56. The van der Waals surface area contributed by atoms with Crippen molar-refractivity contribution in [3.05, 3.63) is 48.4 Å². The Morgan fingerprint density at radius 3 is 2.59 bits per heavy atom. The zero-order chi connectivity index (χ0) is 22.3. The Morgan fingerprint density at radius 2 is 1.88 bits per heavy atom. The number of nitrogens with one attached hydrogen (secondary N) is 1. The van der Waals surface area contributed by atoms with Gasteiger partial charge in [0, 0.05) is 43.4 Å². The van der Waals surface area contributed by atoms with Crippen LogP contribution in [-0.2, 0) is 0 Å². The van der Waals surface area contributed by atoms with E-state index >= 15 is 0 Å². The molecule has 1 aliphatic heterocycles. The van der Waals surface area contributed by atoms with Crippen LogP contribution in [0.5, 0.6) is 5.75 Å². The molecule has 1 N–H and O–H groups in total. The molecule has 2 fully saturated rings. The predicted molar refractivity (Wildman–Crippen MR) is 112 cm³/mol. The van der Waals surface area contributed by atoms with Crippen LogP contribution in [0, 0.1) is 5.41 Å². The van der Waals surface area contributed by atoms with Gasteiger partial charge < -0.3 is 14.6 Å². The first kappa shape index (κ1) is 20.7. The summed E-state index contributed by atoms with van der Waals surface area (Å²) in [6, 6.07) is 7.07. The maximum absolute atomic E-state index is 12.8. The lowest BCUT2D eigenvalue weighted by Crippen LogP contribution is -2.35. The Hall–Kier alpha value is -3.14. The van der Waals surface area contributed by atoms with Crippen molar-refractivity contribution in [3.8, 4) is 5.75 Å². The summed E-state index contributed by atoms with van der Waals surface area (Å²) in [7, 11) is 0. The largest absolute Gasteiger partial charge is 0.573 e. The first-order valence-corrected chi connectivity index (χ1v) is 10.4. The number of benzene rings is 1. The average Bonchev–Trinajstić information content (AvgIpc) is 3.37. The molecule has 5 rings (SSSR count). The van der Waals surface area contributed by atoms with Crippen LogP contribution >= 0.6 is 0 Å². The maximum Gasteiger partial charge on any atom is 0.573 e.